The number of nitrogen functional groups attached to an aromatic ring is 1. The highest BCUT2D eigenvalue weighted by Crippen LogP contribution is 2.29. The summed E-state index contributed by atoms with van der Waals surface area (Å²) < 4.78 is 39.6. The summed E-state index contributed by atoms with van der Waals surface area (Å²) >= 11 is 0. The second-order valence-electron chi connectivity index (χ2n) is 3.20. The molecule has 0 fully saturated rings. The fourth-order valence-electron chi connectivity index (χ4n) is 1.07. The first kappa shape index (κ1) is 12.2. The highest BCUT2D eigenvalue weighted by Gasteiger charge is 2.31. The molecule has 1 aromatic rings. The quantitative estimate of drug-likeness (QED) is 0.787. The van der Waals surface area contributed by atoms with Crippen LogP contribution in [0.4, 0.5) is 24.5 Å². The second-order valence-corrected chi connectivity index (χ2v) is 3.20. The summed E-state index contributed by atoms with van der Waals surface area (Å²) in [6.07, 6.45) is -4.71. The van der Waals surface area contributed by atoms with Gasteiger partial charge in [-0.05, 0) is 19.1 Å². The molecule has 0 amide bonds. The minimum Gasteiger partial charge on any atom is -0.406 e. The third-order valence-corrected chi connectivity index (χ3v) is 1.61. The molecule has 0 atom stereocenters. The SMILES string of the molecule is C=C(C)Nc1cc(OC(F)(F)F)ccc1N. The zero-order valence-electron chi connectivity index (χ0n) is 8.56. The average molecular weight is 232 g/mol. The van der Waals surface area contributed by atoms with Crippen LogP contribution in [0.15, 0.2) is 30.5 Å². The van der Waals surface area contributed by atoms with Gasteiger partial charge in [-0.25, -0.2) is 0 Å². The first-order valence-corrected chi connectivity index (χ1v) is 4.36. The van der Waals surface area contributed by atoms with Crippen molar-refractivity contribution in [1.29, 1.82) is 0 Å². The predicted octanol–water partition coefficient (Wildman–Crippen LogP) is 3.11. The third kappa shape index (κ3) is 3.72. The monoisotopic (exact) mass is 232 g/mol. The maximum atomic E-state index is 11.9. The number of halogens is 3. The van der Waals surface area contributed by atoms with Gasteiger partial charge in [-0.15, -0.1) is 13.2 Å². The smallest absolute Gasteiger partial charge is 0.406 e. The second kappa shape index (κ2) is 4.34. The van der Waals surface area contributed by atoms with Gasteiger partial charge in [-0.2, -0.15) is 0 Å². The molecule has 0 aliphatic rings. The summed E-state index contributed by atoms with van der Waals surface area (Å²) in [5.74, 6) is -0.328. The highest BCUT2D eigenvalue weighted by atomic mass is 19.4. The Balaban J connectivity index is 2.93. The van der Waals surface area contributed by atoms with Crippen molar-refractivity contribution in [2.45, 2.75) is 13.3 Å². The Kier molecular flexibility index (Phi) is 3.31. The van der Waals surface area contributed by atoms with E-state index in [4.69, 9.17) is 5.73 Å². The number of alkyl halides is 3. The molecule has 0 spiro atoms. The predicted molar refractivity (Wildman–Crippen MR) is 56.0 cm³/mol. The molecule has 0 aliphatic heterocycles. The molecule has 88 valence electrons. The van der Waals surface area contributed by atoms with Crippen molar-refractivity contribution in [3.8, 4) is 5.75 Å². The number of nitrogens with one attached hydrogen (secondary N) is 1. The van der Waals surface area contributed by atoms with Crippen LogP contribution in [0.2, 0.25) is 0 Å². The Morgan fingerprint density at radius 2 is 2.06 bits per heavy atom. The lowest BCUT2D eigenvalue weighted by Crippen LogP contribution is -2.17. The van der Waals surface area contributed by atoms with Crippen LogP contribution in [0, 0.1) is 0 Å². The van der Waals surface area contributed by atoms with Gasteiger partial charge in [-0.1, -0.05) is 6.58 Å². The van der Waals surface area contributed by atoms with E-state index in [2.05, 4.69) is 16.6 Å². The summed E-state index contributed by atoms with van der Waals surface area (Å²) in [4.78, 5) is 0. The highest BCUT2D eigenvalue weighted by molar-refractivity contribution is 5.69. The van der Waals surface area contributed by atoms with Gasteiger partial charge in [-0.3, -0.25) is 0 Å². The fraction of sp³-hybridized carbons (Fsp3) is 0.200. The molecule has 1 rings (SSSR count). The number of ether oxygens (including phenoxy) is 1. The molecule has 0 saturated heterocycles. The molecule has 0 saturated carbocycles. The largest absolute Gasteiger partial charge is 0.573 e. The van der Waals surface area contributed by atoms with Crippen LogP contribution in [0.25, 0.3) is 0 Å². The van der Waals surface area contributed by atoms with Crippen molar-refractivity contribution < 1.29 is 17.9 Å². The van der Waals surface area contributed by atoms with Gasteiger partial charge >= 0.3 is 6.36 Å². The normalized spacial score (nSPS) is 11.0. The Morgan fingerprint density at radius 3 is 2.56 bits per heavy atom. The van der Waals surface area contributed by atoms with E-state index >= 15 is 0 Å². The summed E-state index contributed by atoms with van der Waals surface area (Å²) in [6.45, 7) is 5.23. The van der Waals surface area contributed by atoms with Crippen molar-refractivity contribution in [3.05, 3.63) is 30.5 Å². The Hall–Kier alpha value is -1.85. The molecule has 3 nitrogen and oxygen atoms in total. The topological polar surface area (TPSA) is 47.3 Å². The molecular weight excluding hydrogens is 221 g/mol. The maximum absolute atomic E-state index is 11.9. The van der Waals surface area contributed by atoms with Crippen molar-refractivity contribution in [2.75, 3.05) is 11.1 Å². The fourth-order valence-corrected chi connectivity index (χ4v) is 1.07. The van der Waals surface area contributed by atoms with E-state index in [0.29, 0.717) is 17.1 Å². The molecule has 16 heavy (non-hydrogen) atoms. The molecular formula is C10H11F3N2O. The number of anilines is 2. The van der Waals surface area contributed by atoms with Gasteiger partial charge < -0.3 is 15.8 Å². The molecule has 0 heterocycles. The number of nitrogens with two attached hydrogens (primary N) is 1. The number of allylic oxidation sites excluding steroid dienone is 1. The van der Waals surface area contributed by atoms with E-state index in [9.17, 15) is 13.2 Å². The molecule has 3 N–H and O–H groups in total. The Labute approximate surface area is 90.7 Å². The van der Waals surface area contributed by atoms with E-state index in [0.717, 1.165) is 12.1 Å². The third-order valence-electron chi connectivity index (χ3n) is 1.61. The minimum atomic E-state index is -4.71. The molecule has 6 heteroatoms. The lowest BCUT2D eigenvalue weighted by atomic mass is 10.2. The van der Waals surface area contributed by atoms with Crippen LogP contribution in [0.1, 0.15) is 6.92 Å². The lowest BCUT2D eigenvalue weighted by molar-refractivity contribution is -0.274. The van der Waals surface area contributed by atoms with Crippen LogP contribution < -0.4 is 15.8 Å². The molecule has 0 aliphatic carbocycles. The van der Waals surface area contributed by atoms with E-state index in [1.54, 1.807) is 6.92 Å². The van der Waals surface area contributed by atoms with Gasteiger partial charge in [0, 0.05) is 11.8 Å². The Bertz CT molecular complexity index is 402. The molecule has 0 bridgehead atoms. The van der Waals surface area contributed by atoms with Gasteiger partial charge in [0.2, 0.25) is 0 Å². The van der Waals surface area contributed by atoms with E-state index < -0.39 is 6.36 Å². The summed E-state index contributed by atoms with van der Waals surface area (Å²) in [6, 6.07) is 3.64. The van der Waals surface area contributed by atoms with Gasteiger partial charge in [0.1, 0.15) is 5.75 Å². The Morgan fingerprint density at radius 1 is 1.44 bits per heavy atom. The summed E-state index contributed by atoms with van der Waals surface area (Å²) in [5, 5.41) is 2.73. The number of benzene rings is 1. The maximum Gasteiger partial charge on any atom is 0.573 e. The standard InChI is InChI=1S/C10H11F3N2O/c1-6(2)15-9-5-7(3-4-8(9)14)16-10(11,12)13/h3-5,15H,1,14H2,2H3. The van der Waals surface area contributed by atoms with E-state index in [1.807, 2.05) is 0 Å². The number of hydrogen-bond acceptors (Lipinski definition) is 3. The van der Waals surface area contributed by atoms with Gasteiger partial charge in [0.25, 0.3) is 0 Å². The molecule has 1 aromatic carbocycles. The van der Waals surface area contributed by atoms with Crippen molar-refractivity contribution in [1.82, 2.24) is 0 Å². The molecule has 0 unspecified atom stereocenters. The van der Waals surface area contributed by atoms with Crippen LogP contribution in [0.5, 0.6) is 5.75 Å². The van der Waals surface area contributed by atoms with E-state index in [-0.39, 0.29) is 5.75 Å². The van der Waals surface area contributed by atoms with Gasteiger partial charge in [0.15, 0.2) is 0 Å². The van der Waals surface area contributed by atoms with Crippen molar-refractivity contribution in [3.63, 3.8) is 0 Å². The zero-order valence-corrected chi connectivity index (χ0v) is 8.56. The molecule has 0 aromatic heterocycles. The number of rotatable bonds is 3. The lowest BCUT2D eigenvalue weighted by Gasteiger charge is -2.13. The van der Waals surface area contributed by atoms with Crippen LogP contribution in [-0.2, 0) is 0 Å². The van der Waals surface area contributed by atoms with Crippen LogP contribution >= 0.6 is 0 Å². The summed E-state index contributed by atoms with van der Waals surface area (Å²) in [5.41, 5.74) is 6.77. The van der Waals surface area contributed by atoms with Crippen molar-refractivity contribution >= 4 is 11.4 Å². The van der Waals surface area contributed by atoms with Crippen LogP contribution in [0.3, 0.4) is 0 Å². The number of hydrogen-bond donors (Lipinski definition) is 2. The van der Waals surface area contributed by atoms with Gasteiger partial charge in [0.05, 0.1) is 11.4 Å². The average Bonchev–Trinajstić information content (AvgIpc) is 2.07. The first-order chi connectivity index (χ1) is 7.28. The molecule has 0 radical (unpaired) electrons. The minimum absolute atomic E-state index is 0.317. The first-order valence-electron chi connectivity index (χ1n) is 4.36. The van der Waals surface area contributed by atoms with Crippen molar-refractivity contribution in [2.24, 2.45) is 0 Å². The zero-order chi connectivity index (χ0) is 12.3. The van der Waals surface area contributed by atoms with E-state index in [1.165, 1.54) is 6.07 Å². The summed E-state index contributed by atoms with van der Waals surface area (Å²) in [7, 11) is 0. The van der Waals surface area contributed by atoms with Crippen LogP contribution in [-0.4, -0.2) is 6.36 Å².